The van der Waals surface area contributed by atoms with Gasteiger partial charge in [0.1, 0.15) is 37.6 Å². The van der Waals surface area contributed by atoms with E-state index in [1.54, 1.807) is 131 Å². The normalized spacial score (nSPS) is 11.8. The Morgan fingerprint density at radius 1 is 0.453 bits per heavy atom. The Kier molecular flexibility index (Phi) is 79.8. The highest BCUT2D eigenvalue weighted by molar-refractivity contribution is 5.92. The zero-order chi connectivity index (χ0) is 104. The number of carbonyl (C=O) groups is 12. The van der Waals surface area contributed by atoms with Crippen molar-refractivity contribution in [1.29, 1.82) is 0 Å². The van der Waals surface area contributed by atoms with Crippen LogP contribution in [0.25, 0.3) is 42.5 Å². The molecule has 1 heterocycles. The molecule has 740 valence electrons. The largest absolute Gasteiger partial charge is 0.497 e. The Bertz CT molecular complexity index is 5140. The van der Waals surface area contributed by atoms with Crippen molar-refractivity contribution < 1.29 is 110 Å². The standard InChI is InChI=1S/C18H26O3.C15H16O4.C13H20O.C12H12O2.C11H10O2.C10H10O2.C9H8O2.C8H8O2.C8H12O2.C6H8O2.C6H8O/c1-4-6-7-15(5-2)14-21-18(19)13-10-16-8-11-17(20-3)12-9-16;1-12(2)15(17)19-11-10-18-14(16)9-8-13-6-4-3-5-7-13;1-10-6-5-9-13(3,4)12(10)8-7-11(2)14;1-2-10-14-12(13)9-8-11-6-4-3-5-7-11;1-2-13-11(12)9-8-10-6-4-3-5-7-10;1-12-10(11)8-7-9-5-3-2-4-6-9;10-9(11)7-6-8-4-2-1-3-5-8;1-7(9)4-5-8-3-2-6-10-8;1-3-5-6-7-8(9)10-4-2;1-2-3-4-5-6(7)8;1-2-3-4-5-6-7/h8-13,15H,4-7,14H2,1-3H3;3-9H,1,10-11H2,2H3;7-8H,5-6,9H2,1-4H3;2-9H,1,10H2;2-9H,1H2;2-8H,1H3;1-7H,(H,10,11);2-6H,1H3;3,5-7H,4H2,1-2H3;2-5H,1H3,(H,7,8);2-6H,1H3/b13-10+;9-8+;8-7+;2*9-8+;8-7+;7-6+;5-4+;5-3+,7-6+;2*3-2+,5-4+. The second-order valence-corrected chi connectivity index (χ2v) is 29.1. The third-order valence-corrected chi connectivity index (χ3v) is 17.2. The molecule has 0 radical (unpaired) electrons. The summed E-state index contributed by atoms with van der Waals surface area (Å²) in [6.07, 6.45) is 57.6. The van der Waals surface area contributed by atoms with Crippen LogP contribution in [0.4, 0.5) is 0 Å². The number of carboxylic acid groups (broad SMARTS) is 2. The van der Waals surface area contributed by atoms with Crippen molar-refractivity contribution in [3.8, 4) is 5.75 Å². The van der Waals surface area contributed by atoms with Crippen molar-refractivity contribution in [3.05, 3.63) is 410 Å². The first-order chi connectivity index (χ1) is 66.8. The molecule has 1 unspecified atom stereocenters. The van der Waals surface area contributed by atoms with Gasteiger partial charge in [-0.3, -0.25) is 14.4 Å². The number of ether oxygens (including phenoxy) is 8. The van der Waals surface area contributed by atoms with Crippen LogP contribution < -0.4 is 4.74 Å². The molecule has 6 aromatic carbocycles. The average molecular weight is 1900 g/mol. The van der Waals surface area contributed by atoms with Crippen molar-refractivity contribution in [2.24, 2.45) is 11.3 Å². The number of hydrogen-bond acceptors (Lipinski definition) is 21. The highest BCUT2D eigenvalue weighted by atomic mass is 16.6. The van der Waals surface area contributed by atoms with Gasteiger partial charge in [-0.05, 0) is 216 Å². The molecule has 1 aliphatic rings. The van der Waals surface area contributed by atoms with Gasteiger partial charge >= 0.3 is 53.7 Å². The van der Waals surface area contributed by atoms with Crippen LogP contribution in [0.15, 0.2) is 375 Å². The summed E-state index contributed by atoms with van der Waals surface area (Å²) >= 11 is 0. The summed E-state index contributed by atoms with van der Waals surface area (Å²) in [5, 5.41) is 16.3. The first-order valence-electron chi connectivity index (χ1n) is 44.6. The molecule has 139 heavy (non-hydrogen) atoms. The second-order valence-electron chi connectivity index (χ2n) is 29.1. The van der Waals surface area contributed by atoms with Crippen LogP contribution in [0.1, 0.15) is 167 Å². The number of esters is 7. The maximum absolute atomic E-state index is 11.7. The maximum Gasteiger partial charge on any atom is 0.335 e. The summed E-state index contributed by atoms with van der Waals surface area (Å²) in [6, 6.07) is 58.5. The van der Waals surface area contributed by atoms with Gasteiger partial charge in [0, 0.05) is 54.2 Å². The fraction of sp³-hybridized carbons (Fsp3) is 0.241. The number of hydrogen-bond donors (Lipinski definition) is 2. The van der Waals surface area contributed by atoms with E-state index in [1.165, 1.54) is 118 Å². The molecule has 0 fully saturated rings. The third-order valence-electron chi connectivity index (χ3n) is 17.2. The van der Waals surface area contributed by atoms with Crippen LogP contribution in [-0.4, -0.2) is 129 Å². The van der Waals surface area contributed by atoms with Gasteiger partial charge in [0.05, 0.1) is 40.0 Å². The molecule has 0 saturated carbocycles. The van der Waals surface area contributed by atoms with E-state index < -0.39 is 29.8 Å². The van der Waals surface area contributed by atoms with E-state index >= 15 is 0 Å². The summed E-state index contributed by atoms with van der Waals surface area (Å²) in [7, 11) is 2.99. The number of carbonyl (C=O) groups excluding carboxylic acids is 10. The number of unbranched alkanes of at least 4 members (excludes halogenated alkanes) is 1. The Morgan fingerprint density at radius 3 is 1.26 bits per heavy atom. The van der Waals surface area contributed by atoms with Crippen LogP contribution in [0.3, 0.4) is 0 Å². The van der Waals surface area contributed by atoms with Crippen LogP contribution in [-0.2, 0) is 90.7 Å². The van der Waals surface area contributed by atoms with E-state index in [2.05, 4.69) is 68.6 Å². The Balaban J connectivity index is -0.00000148. The fourth-order valence-corrected chi connectivity index (χ4v) is 10.2. The smallest absolute Gasteiger partial charge is 0.335 e. The fourth-order valence-electron chi connectivity index (χ4n) is 10.2. The van der Waals surface area contributed by atoms with Gasteiger partial charge < -0.3 is 52.5 Å². The molecule has 23 heteroatoms. The Morgan fingerprint density at radius 2 is 0.871 bits per heavy atom. The lowest BCUT2D eigenvalue weighted by molar-refractivity contribution is -0.146. The van der Waals surface area contributed by atoms with Crippen LogP contribution >= 0.6 is 0 Å². The number of methoxy groups -OCH3 is 2. The lowest BCUT2D eigenvalue weighted by atomic mass is 9.72. The number of aldehydes is 1. The second kappa shape index (κ2) is 87.3. The molecule has 1 atom stereocenters. The van der Waals surface area contributed by atoms with Gasteiger partial charge in [-0.2, -0.15) is 0 Å². The van der Waals surface area contributed by atoms with E-state index in [-0.39, 0.29) is 60.7 Å². The predicted molar refractivity (Wildman–Crippen MR) is 558 cm³/mol. The van der Waals surface area contributed by atoms with Crippen molar-refractivity contribution in [2.75, 3.05) is 47.3 Å². The molecule has 1 aliphatic carbocycles. The molecule has 1 aromatic heterocycles. The monoisotopic (exact) mass is 1900 g/mol. The number of rotatable bonds is 37. The van der Waals surface area contributed by atoms with Crippen molar-refractivity contribution in [3.63, 3.8) is 0 Å². The molecule has 0 spiro atoms. The minimum absolute atomic E-state index is 0.0244. The first-order valence-corrected chi connectivity index (χ1v) is 44.6. The zero-order valence-electron chi connectivity index (χ0n) is 82.5. The summed E-state index contributed by atoms with van der Waals surface area (Å²) in [6.45, 7) is 34.5. The van der Waals surface area contributed by atoms with Gasteiger partial charge in [0.2, 0.25) is 0 Å². The summed E-state index contributed by atoms with van der Waals surface area (Å²) in [5.74, 6) is -2.34. The molecule has 0 amide bonds. The van der Waals surface area contributed by atoms with E-state index in [0.717, 1.165) is 76.7 Å². The highest BCUT2D eigenvalue weighted by Crippen LogP contribution is 2.40. The minimum Gasteiger partial charge on any atom is -0.497 e. The van der Waals surface area contributed by atoms with Gasteiger partial charge in [-0.1, -0.05) is 303 Å². The molecule has 0 bridgehead atoms. The van der Waals surface area contributed by atoms with E-state index in [9.17, 15) is 57.5 Å². The molecule has 0 aliphatic heterocycles. The number of allylic oxidation sites excluding steroid dienone is 15. The third kappa shape index (κ3) is 80.2. The Labute approximate surface area is 821 Å². The lowest BCUT2D eigenvalue weighted by Gasteiger charge is -2.32. The molecule has 0 saturated heterocycles. The molecular weight excluding hydrogens is 1760 g/mol. The topological polar surface area (TPSA) is 332 Å². The van der Waals surface area contributed by atoms with Gasteiger partial charge in [0.15, 0.2) is 11.6 Å². The molecule has 23 nitrogen and oxygen atoms in total. The molecule has 7 aromatic rings. The lowest BCUT2D eigenvalue weighted by Crippen LogP contribution is -2.19. The zero-order valence-corrected chi connectivity index (χ0v) is 82.5. The molecule has 8 rings (SSSR count). The number of furan rings is 1. The van der Waals surface area contributed by atoms with E-state index in [1.807, 2.05) is 215 Å². The summed E-state index contributed by atoms with van der Waals surface area (Å²) < 4.78 is 43.3. The van der Waals surface area contributed by atoms with Gasteiger partial charge in [-0.25, -0.2) is 43.2 Å². The van der Waals surface area contributed by atoms with Gasteiger partial charge in [0.25, 0.3) is 0 Å². The van der Waals surface area contributed by atoms with Gasteiger partial charge in [-0.15, -0.1) is 0 Å². The molecular formula is C116H138O23. The number of ketones is 2. The number of aliphatic carboxylic acids is 2. The SMILES string of the molecule is C/C=C/C=C/C(=O)O.C/C=C/C=C/C(=O)OCC.C/C=C/C=C/C=O.C=C(C)C(=O)OCCOC(=O)/C=C/c1ccccc1.C=CCOC(=O)/C=C/c1ccccc1.C=COC(=O)/C=C/c1ccccc1.CC(=O)/C=C/C1=C(C)CCCC1(C)C.CC(=O)/C=C/c1ccco1.CCCCC(CC)COC(=O)/C=C/c1ccc(OC)cc1.COC(=O)/C=C/c1ccccc1.O=C(O)/C=C/c1ccccc1. The average Bonchev–Trinajstić information content (AvgIpc) is 0.939. The van der Waals surface area contributed by atoms with E-state index in [0.29, 0.717) is 30.5 Å². The van der Waals surface area contributed by atoms with Crippen molar-refractivity contribution >= 4 is 114 Å². The maximum atomic E-state index is 11.7. The highest BCUT2D eigenvalue weighted by Gasteiger charge is 2.26. The van der Waals surface area contributed by atoms with Crippen molar-refractivity contribution in [1.82, 2.24) is 0 Å². The first kappa shape index (κ1) is 127. The number of benzene rings is 6. The summed E-state index contributed by atoms with van der Waals surface area (Å²) in [5.41, 5.74) is 9.05. The summed E-state index contributed by atoms with van der Waals surface area (Å²) in [4.78, 5) is 128. The molecule has 2 N–H and O–H groups in total. The van der Waals surface area contributed by atoms with Crippen LogP contribution in [0.2, 0.25) is 0 Å². The minimum atomic E-state index is -0.922. The van der Waals surface area contributed by atoms with Crippen LogP contribution in [0, 0.1) is 11.3 Å². The van der Waals surface area contributed by atoms with E-state index in [4.69, 9.17) is 38.3 Å². The predicted octanol–water partition coefficient (Wildman–Crippen LogP) is 25.0. The van der Waals surface area contributed by atoms with Crippen LogP contribution in [0.5, 0.6) is 5.75 Å². The quantitative estimate of drug-likeness (QED) is 0.00534. The Hall–Kier alpha value is -16.0. The number of carboxylic acids is 2. The van der Waals surface area contributed by atoms with Crippen molar-refractivity contribution in [2.45, 2.75) is 128 Å².